The van der Waals surface area contributed by atoms with Gasteiger partial charge in [0.25, 0.3) is 0 Å². The van der Waals surface area contributed by atoms with E-state index in [1.807, 2.05) is 0 Å². The van der Waals surface area contributed by atoms with Crippen LogP contribution < -0.4 is 0 Å². The van der Waals surface area contributed by atoms with Crippen LogP contribution in [0.1, 0.15) is 6.92 Å². The average molecular weight is 310 g/mol. The fourth-order valence-electron chi connectivity index (χ4n) is 3.09. The van der Waals surface area contributed by atoms with E-state index in [-0.39, 0.29) is 36.6 Å². The van der Waals surface area contributed by atoms with Crippen LogP contribution in [-0.4, -0.2) is 4.57 Å². The van der Waals surface area contributed by atoms with Crippen molar-refractivity contribution in [3.05, 3.63) is 69.5 Å². The monoisotopic (exact) mass is 310 g/mol. The summed E-state index contributed by atoms with van der Waals surface area (Å²) in [6, 6.07) is 19.7. The van der Waals surface area contributed by atoms with E-state index in [9.17, 15) is 0 Å². The Bertz CT molecular complexity index is 867. The second kappa shape index (κ2) is 6.55. The second-order valence-electron chi connectivity index (χ2n) is 4.75. The first-order valence-corrected chi connectivity index (χ1v) is 6.45. The molecule has 0 aliphatic rings. The Balaban J connectivity index is 0.000000735. The molecule has 21 heavy (non-hydrogen) atoms. The SMILES string of the molecule is CCn1c2ccccc2c2c3ccccc3[cH-]c21.[CH3-].[CH3-].[Ti+3]. The van der Waals surface area contributed by atoms with Crippen molar-refractivity contribution in [1.82, 2.24) is 4.57 Å². The molecule has 0 amide bonds. The van der Waals surface area contributed by atoms with Crippen molar-refractivity contribution in [2.24, 2.45) is 0 Å². The molecule has 0 saturated carbocycles. The molecule has 105 valence electrons. The number of rotatable bonds is 1. The Morgan fingerprint density at radius 3 is 2.24 bits per heavy atom. The third-order valence-electron chi connectivity index (χ3n) is 3.85. The summed E-state index contributed by atoms with van der Waals surface area (Å²) < 4.78 is 2.41. The van der Waals surface area contributed by atoms with Gasteiger partial charge in [-0.15, -0.1) is 35.0 Å². The van der Waals surface area contributed by atoms with Crippen LogP contribution in [-0.2, 0) is 28.3 Å². The molecule has 4 aromatic rings. The van der Waals surface area contributed by atoms with Gasteiger partial charge >= 0.3 is 21.7 Å². The molecule has 0 aliphatic heterocycles. The predicted molar refractivity (Wildman–Crippen MR) is 91.0 cm³/mol. The fourth-order valence-corrected chi connectivity index (χ4v) is 3.09. The van der Waals surface area contributed by atoms with Crippen LogP contribution in [0.15, 0.2) is 54.6 Å². The zero-order valence-electron chi connectivity index (χ0n) is 12.9. The molecule has 3 aromatic carbocycles. The minimum atomic E-state index is 0. The molecule has 0 atom stereocenters. The van der Waals surface area contributed by atoms with Crippen LogP contribution in [0.3, 0.4) is 0 Å². The van der Waals surface area contributed by atoms with Crippen LogP contribution >= 0.6 is 0 Å². The van der Waals surface area contributed by atoms with E-state index in [0.29, 0.717) is 0 Å². The van der Waals surface area contributed by atoms with Crippen LogP contribution in [0.4, 0.5) is 0 Å². The molecule has 0 aliphatic carbocycles. The summed E-state index contributed by atoms with van der Waals surface area (Å²) in [5.41, 5.74) is 2.70. The third kappa shape index (κ3) is 2.35. The Labute approximate surface area is 141 Å². The van der Waals surface area contributed by atoms with Crippen molar-refractivity contribution in [3.63, 3.8) is 0 Å². The minimum Gasteiger partial charge on any atom is -0.359 e. The Kier molecular flexibility index (Phi) is 5.50. The number of nitrogens with zero attached hydrogens (tertiary/aromatic N) is 1. The standard InChI is InChI=1S/C17H14N.2CH3.Ti/c1-2-18-15-10-6-5-9-14(15)17-13-8-4-3-7-12(13)11-16(17)18;;;/h3-11H,2H2,1H3;2*1H3;/q3*-1;+3. The molecular weight excluding hydrogens is 290 g/mol. The average Bonchev–Trinajstić information content (AvgIpc) is 2.92. The maximum atomic E-state index is 2.41. The molecular formula is C19H20NTi. The van der Waals surface area contributed by atoms with Gasteiger partial charge in [0.05, 0.1) is 0 Å². The largest absolute Gasteiger partial charge is 3.00 e. The summed E-state index contributed by atoms with van der Waals surface area (Å²) in [6.45, 7) is 3.23. The van der Waals surface area contributed by atoms with Crippen LogP contribution in [0.25, 0.3) is 32.6 Å². The molecule has 0 N–H and O–H groups in total. The van der Waals surface area contributed by atoms with Crippen LogP contribution in [0.2, 0.25) is 0 Å². The second-order valence-corrected chi connectivity index (χ2v) is 4.75. The third-order valence-corrected chi connectivity index (χ3v) is 3.85. The zero-order valence-corrected chi connectivity index (χ0v) is 14.4. The molecule has 1 aromatic heterocycles. The number of fused-ring (bicyclic) bond motifs is 5. The van der Waals surface area contributed by atoms with Gasteiger partial charge < -0.3 is 19.4 Å². The maximum Gasteiger partial charge on any atom is 3.00 e. The Morgan fingerprint density at radius 1 is 0.905 bits per heavy atom. The minimum absolute atomic E-state index is 0. The Morgan fingerprint density at radius 2 is 1.52 bits per heavy atom. The van der Waals surface area contributed by atoms with Gasteiger partial charge in [0.2, 0.25) is 0 Å². The first kappa shape index (κ1) is 17.6. The smallest absolute Gasteiger partial charge is 0.359 e. The van der Waals surface area contributed by atoms with E-state index in [2.05, 4.69) is 66.1 Å². The van der Waals surface area contributed by atoms with Gasteiger partial charge in [0.1, 0.15) is 0 Å². The summed E-state index contributed by atoms with van der Waals surface area (Å²) in [7, 11) is 0. The number of benzene rings is 2. The van der Waals surface area contributed by atoms with Gasteiger partial charge in [0.15, 0.2) is 0 Å². The quantitative estimate of drug-likeness (QED) is 0.319. The summed E-state index contributed by atoms with van der Waals surface area (Å²) in [5.74, 6) is 0. The van der Waals surface area contributed by atoms with E-state index in [0.717, 1.165) is 6.54 Å². The summed E-state index contributed by atoms with van der Waals surface area (Å²) in [4.78, 5) is 0. The summed E-state index contributed by atoms with van der Waals surface area (Å²) in [6.07, 6.45) is 0. The number of para-hydroxylation sites is 1. The molecule has 1 radical (unpaired) electrons. The predicted octanol–water partition coefficient (Wildman–Crippen LogP) is 5.58. The van der Waals surface area contributed by atoms with E-state index in [1.165, 1.54) is 32.6 Å². The van der Waals surface area contributed by atoms with E-state index in [4.69, 9.17) is 0 Å². The zero-order chi connectivity index (χ0) is 12.1. The molecule has 0 spiro atoms. The van der Waals surface area contributed by atoms with Gasteiger partial charge in [0, 0.05) is 12.1 Å². The number of hydrogen-bond donors (Lipinski definition) is 0. The molecule has 0 fully saturated rings. The van der Waals surface area contributed by atoms with Crippen molar-refractivity contribution in [3.8, 4) is 0 Å². The molecule has 0 saturated heterocycles. The van der Waals surface area contributed by atoms with Crippen molar-refractivity contribution >= 4 is 32.6 Å². The van der Waals surface area contributed by atoms with Crippen molar-refractivity contribution < 1.29 is 21.7 Å². The Hall–Kier alpha value is -1.44. The summed E-state index contributed by atoms with van der Waals surface area (Å²) >= 11 is 0. The maximum absolute atomic E-state index is 2.41. The number of aromatic nitrogens is 1. The van der Waals surface area contributed by atoms with Crippen LogP contribution in [0, 0.1) is 14.9 Å². The van der Waals surface area contributed by atoms with Gasteiger partial charge in [-0.2, -0.15) is 0 Å². The van der Waals surface area contributed by atoms with Crippen molar-refractivity contribution in [1.29, 1.82) is 0 Å². The first-order valence-electron chi connectivity index (χ1n) is 6.45. The van der Waals surface area contributed by atoms with Crippen LogP contribution in [0.5, 0.6) is 0 Å². The molecule has 0 unspecified atom stereocenters. The van der Waals surface area contributed by atoms with Crippen molar-refractivity contribution in [2.45, 2.75) is 13.5 Å². The first-order chi connectivity index (χ1) is 8.90. The van der Waals surface area contributed by atoms with E-state index in [1.54, 1.807) is 0 Å². The molecule has 1 nitrogen and oxygen atoms in total. The fraction of sp³-hybridized carbons (Fsp3) is 0.105. The topological polar surface area (TPSA) is 4.93 Å². The number of hydrogen-bond acceptors (Lipinski definition) is 0. The van der Waals surface area contributed by atoms with Gasteiger partial charge in [-0.25, -0.2) is 0 Å². The molecule has 0 bridgehead atoms. The molecule has 2 heteroatoms. The summed E-state index contributed by atoms with van der Waals surface area (Å²) in [5, 5.41) is 5.49. The number of aryl methyl sites for hydroxylation is 1. The molecule has 4 rings (SSSR count). The van der Waals surface area contributed by atoms with E-state index >= 15 is 0 Å². The van der Waals surface area contributed by atoms with Gasteiger partial charge in [-0.05, 0) is 23.9 Å². The normalized spacial score (nSPS) is 10.1. The van der Waals surface area contributed by atoms with Crippen molar-refractivity contribution in [2.75, 3.05) is 0 Å². The molecule has 1 heterocycles. The van der Waals surface area contributed by atoms with Gasteiger partial charge in [-0.3, -0.25) is 0 Å². The van der Waals surface area contributed by atoms with E-state index < -0.39 is 0 Å². The van der Waals surface area contributed by atoms with Gasteiger partial charge in [-0.1, -0.05) is 29.7 Å².